The molecule has 4 aromatic rings. The molecular weight excluding hydrogens is 472 g/mol. The first-order chi connectivity index (χ1) is 18.0. The Hall–Kier alpha value is -4.85. The summed E-state index contributed by atoms with van der Waals surface area (Å²) in [5.41, 5.74) is 4.31. The molecule has 1 amide bonds. The minimum absolute atomic E-state index is 0.197. The van der Waals surface area contributed by atoms with E-state index < -0.39 is 11.9 Å². The number of esters is 1. The van der Waals surface area contributed by atoms with E-state index in [-0.39, 0.29) is 17.9 Å². The van der Waals surface area contributed by atoms with Crippen molar-refractivity contribution in [3.05, 3.63) is 95.6 Å². The molecule has 0 aromatic heterocycles. The van der Waals surface area contributed by atoms with Crippen LogP contribution >= 0.6 is 0 Å². The van der Waals surface area contributed by atoms with Gasteiger partial charge >= 0.3 is 5.97 Å². The molecule has 4 aromatic carbocycles. The Morgan fingerprint density at radius 3 is 2.43 bits per heavy atom. The summed E-state index contributed by atoms with van der Waals surface area (Å²) in [5, 5.41) is 5.80. The zero-order valence-corrected chi connectivity index (χ0v) is 20.7. The molecule has 0 fully saturated rings. The first kappa shape index (κ1) is 25.2. The van der Waals surface area contributed by atoms with Crippen LogP contribution in [-0.2, 0) is 4.79 Å². The first-order valence-electron chi connectivity index (χ1n) is 11.5. The van der Waals surface area contributed by atoms with E-state index in [4.69, 9.17) is 18.9 Å². The number of carbonyl (C=O) groups excluding carboxylic acids is 2. The monoisotopic (exact) mass is 498 g/mol. The molecule has 0 atom stereocenters. The molecule has 37 heavy (non-hydrogen) atoms. The summed E-state index contributed by atoms with van der Waals surface area (Å²) in [6, 6.07) is 23.3. The Kier molecular flexibility index (Phi) is 8.00. The summed E-state index contributed by atoms with van der Waals surface area (Å²) >= 11 is 0. The number of hydrogen-bond donors (Lipinski definition) is 1. The number of methoxy groups -OCH3 is 2. The summed E-state index contributed by atoms with van der Waals surface area (Å²) in [7, 11) is 3.01. The van der Waals surface area contributed by atoms with Crippen LogP contribution in [0.15, 0.2) is 84.0 Å². The molecule has 0 bridgehead atoms. The Bertz CT molecular complexity index is 1460. The first-order valence-corrected chi connectivity index (χ1v) is 11.5. The number of ether oxygens (including phenoxy) is 4. The van der Waals surface area contributed by atoms with E-state index in [1.54, 1.807) is 30.3 Å². The summed E-state index contributed by atoms with van der Waals surface area (Å²) < 4.78 is 21.7. The van der Waals surface area contributed by atoms with Crippen molar-refractivity contribution in [1.82, 2.24) is 5.43 Å². The summed E-state index contributed by atoms with van der Waals surface area (Å²) in [4.78, 5) is 25.2. The third kappa shape index (κ3) is 6.24. The molecule has 4 rings (SSSR count). The molecular formula is C29H26N2O6. The largest absolute Gasteiger partial charge is 0.493 e. The lowest BCUT2D eigenvalue weighted by atomic mass is 10.0. The van der Waals surface area contributed by atoms with Gasteiger partial charge in [0, 0.05) is 5.56 Å². The Morgan fingerprint density at radius 2 is 1.65 bits per heavy atom. The number of hydrogen-bond acceptors (Lipinski definition) is 7. The van der Waals surface area contributed by atoms with Crippen molar-refractivity contribution in [2.75, 3.05) is 20.8 Å². The second kappa shape index (κ2) is 11.7. The predicted octanol–water partition coefficient (Wildman–Crippen LogP) is 4.91. The van der Waals surface area contributed by atoms with Gasteiger partial charge in [-0.15, -0.1) is 0 Å². The highest BCUT2D eigenvalue weighted by molar-refractivity contribution is 6.04. The van der Waals surface area contributed by atoms with Crippen LogP contribution in [0.1, 0.15) is 21.5 Å². The lowest BCUT2D eigenvalue weighted by Gasteiger charge is -2.12. The van der Waals surface area contributed by atoms with Gasteiger partial charge in [0.15, 0.2) is 18.1 Å². The molecule has 0 aliphatic heterocycles. The van der Waals surface area contributed by atoms with Crippen molar-refractivity contribution in [3.8, 4) is 23.0 Å². The van der Waals surface area contributed by atoms with E-state index >= 15 is 0 Å². The van der Waals surface area contributed by atoms with Gasteiger partial charge in [-0.05, 0) is 59.7 Å². The zero-order chi connectivity index (χ0) is 26.2. The van der Waals surface area contributed by atoms with Gasteiger partial charge in [-0.2, -0.15) is 5.10 Å². The third-order valence-corrected chi connectivity index (χ3v) is 5.49. The smallest absolute Gasteiger partial charge is 0.343 e. The van der Waals surface area contributed by atoms with E-state index in [9.17, 15) is 9.59 Å². The van der Waals surface area contributed by atoms with Crippen molar-refractivity contribution >= 4 is 28.9 Å². The highest BCUT2D eigenvalue weighted by Crippen LogP contribution is 2.30. The van der Waals surface area contributed by atoms with Gasteiger partial charge < -0.3 is 18.9 Å². The molecule has 0 spiro atoms. The molecule has 0 radical (unpaired) electrons. The molecule has 0 saturated carbocycles. The maximum atomic E-state index is 12.9. The van der Waals surface area contributed by atoms with Crippen molar-refractivity contribution in [3.63, 3.8) is 0 Å². The van der Waals surface area contributed by atoms with Crippen LogP contribution in [0.5, 0.6) is 23.0 Å². The van der Waals surface area contributed by atoms with E-state index in [1.807, 2.05) is 55.5 Å². The summed E-state index contributed by atoms with van der Waals surface area (Å²) in [6.45, 7) is 1.74. The molecule has 0 unspecified atom stereocenters. The number of benzene rings is 4. The maximum Gasteiger partial charge on any atom is 0.343 e. The molecule has 8 nitrogen and oxygen atoms in total. The molecule has 0 aliphatic carbocycles. The topological polar surface area (TPSA) is 95.5 Å². The number of rotatable bonds is 9. The number of carbonyl (C=O) groups is 2. The maximum absolute atomic E-state index is 12.9. The van der Waals surface area contributed by atoms with Gasteiger partial charge in [0.1, 0.15) is 11.5 Å². The lowest BCUT2D eigenvalue weighted by Crippen LogP contribution is -2.24. The quantitative estimate of drug-likeness (QED) is 0.152. The minimum Gasteiger partial charge on any atom is -0.493 e. The zero-order valence-electron chi connectivity index (χ0n) is 20.7. The second-order valence-electron chi connectivity index (χ2n) is 8.06. The number of amides is 1. The van der Waals surface area contributed by atoms with Gasteiger partial charge in [-0.25, -0.2) is 10.2 Å². The van der Waals surface area contributed by atoms with Crippen LogP contribution in [0, 0.1) is 6.92 Å². The number of nitrogens with one attached hydrogen (secondary N) is 1. The van der Waals surface area contributed by atoms with Crippen LogP contribution in [0.3, 0.4) is 0 Å². The number of nitrogens with zero attached hydrogens (tertiary/aromatic N) is 1. The van der Waals surface area contributed by atoms with Crippen LogP contribution in [0.4, 0.5) is 0 Å². The minimum atomic E-state index is -0.582. The fourth-order valence-electron chi connectivity index (χ4n) is 3.67. The van der Waals surface area contributed by atoms with E-state index in [0.29, 0.717) is 22.8 Å². The highest BCUT2D eigenvalue weighted by Gasteiger charge is 2.16. The second-order valence-corrected chi connectivity index (χ2v) is 8.06. The Labute approximate surface area is 214 Å². The molecule has 1 N–H and O–H groups in total. The van der Waals surface area contributed by atoms with Crippen LogP contribution in [0.2, 0.25) is 0 Å². The molecule has 188 valence electrons. The van der Waals surface area contributed by atoms with Crippen molar-refractivity contribution < 1.29 is 28.5 Å². The summed E-state index contributed by atoms with van der Waals surface area (Å²) in [6.07, 6.45) is 1.45. The van der Waals surface area contributed by atoms with Crippen LogP contribution < -0.4 is 24.4 Å². The molecule has 8 heteroatoms. The van der Waals surface area contributed by atoms with E-state index in [2.05, 4.69) is 10.5 Å². The SMILES string of the molecule is COc1ccc(C(=O)Oc2ccc3ccccc3c2/C=N\NC(=O)COc2cccc(C)c2)cc1OC. The molecule has 0 saturated heterocycles. The van der Waals surface area contributed by atoms with Crippen molar-refractivity contribution in [1.29, 1.82) is 0 Å². The molecule has 0 aliphatic rings. The standard InChI is InChI=1S/C29H26N2O6/c1-19-7-6-9-22(15-19)36-18-28(32)31-30-17-24-23-10-5-4-8-20(23)11-13-25(24)37-29(33)21-12-14-26(34-2)27(16-21)35-3/h4-17H,18H2,1-3H3,(H,31,32)/b30-17-. The van der Waals surface area contributed by atoms with E-state index in [0.717, 1.165) is 16.3 Å². The van der Waals surface area contributed by atoms with Crippen LogP contribution in [-0.4, -0.2) is 38.9 Å². The Balaban J connectivity index is 1.52. The van der Waals surface area contributed by atoms with Gasteiger partial charge in [0.05, 0.1) is 26.0 Å². The fourth-order valence-corrected chi connectivity index (χ4v) is 3.67. The van der Waals surface area contributed by atoms with Crippen LogP contribution in [0.25, 0.3) is 10.8 Å². The van der Waals surface area contributed by atoms with E-state index in [1.165, 1.54) is 20.4 Å². The Morgan fingerprint density at radius 1 is 0.865 bits per heavy atom. The highest BCUT2D eigenvalue weighted by atomic mass is 16.5. The van der Waals surface area contributed by atoms with Gasteiger partial charge in [0.25, 0.3) is 5.91 Å². The van der Waals surface area contributed by atoms with Gasteiger partial charge in [0.2, 0.25) is 0 Å². The van der Waals surface area contributed by atoms with Crippen molar-refractivity contribution in [2.45, 2.75) is 6.92 Å². The lowest BCUT2D eigenvalue weighted by molar-refractivity contribution is -0.123. The normalized spacial score (nSPS) is 10.8. The average Bonchev–Trinajstić information content (AvgIpc) is 2.92. The van der Waals surface area contributed by atoms with Gasteiger partial charge in [-0.3, -0.25) is 4.79 Å². The molecule has 0 heterocycles. The van der Waals surface area contributed by atoms with Crippen molar-refractivity contribution in [2.24, 2.45) is 5.10 Å². The van der Waals surface area contributed by atoms with Gasteiger partial charge in [-0.1, -0.05) is 42.5 Å². The number of aryl methyl sites for hydroxylation is 1. The predicted molar refractivity (Wildman–Crippen MR) is 141 cm³/mol. The average molecular weight is 499 g/mol. The number of fused-ring (bicyclic) bond motifs is 1. The number of hydrazone groups is 1. The summed E-state index contributed by atoms with van der Waals surface area (Å²) in [5.74, 6) is 0.779. The third-order valence-electron chi connectivity index (χ3n) is 5.49. The fraction of sp³-hybridized carbons (Fsp3) is 0.138.